The van der Waals surface area contributed by atoms with Crippen molar-refractivity contribution in [2.45, 2.75) is 25.6 Å². The molecule has 3 N–H and O–H groups in total. The van der Waals surface area contributed by atoms with E-state index in [1.807, 2.05) is 38.1 Å². The van der Waals surface area contributed by atoms with Crippen LogP contribution in [0.25, 0.3) is 0 Å². The Balaban J connectivity index is 2.10. The lowest BCUT2D eigenvalue weighted by Gasteiger charge is -2.15. The minimum Gasteiger partial charge on any atom is -0.398 e. The molecule has 2 aromatic rings. The largest absolute Gasteiger partial charge is 0.398 e. The van der Waals surface area contributed by atoms with Crippen molar-refractivity contribution in [1.82, 2.24) is 4.72 Å². The van der Waals surface area contributed by atoms with Gasteiger partial charge in [0.15, 0.2) is 0 Å². The van der Waals surface area contributed by atoms with Gasteiger partial charge in [0.25, 0.3) is 0 Å². The highest BCUT2D eigenvalue weighted by molar-refractivity contribution is 7.88. The quantitative estimate of drug-likeness (QED) is 0.834. The average Bonchev–Trinajstić information content (AvgIpc) is 2.41. The van der Waals surface area contributed by atoms with Gasteiger partial charge in [-0.3, -0.25) is 0 Å². The minimum atomic E-state index is -3.44. The summed E-state index contributed by atoms with van der Waals surface area (Å²) < 4.78 is 27.2. The molecule has 0 amide bonds. The van der Waals surface area contributed by atoms with Crippen molar-refractivity contribution in [2.75, 3.05) is 5.73 Å². The predicted octanol–water partition coefficient (Wildman–Crippen LogP) is 2.76. The number of hydrogen-bond donors (Lipinski definition) is 2. The van der Waals surface area contributed by atoms with Crippen molar-refractivity contribution in [3.05, 3.63) is 65.2 Å². The number of nitrogens with one attached hydrogen (secondary N) is 1. The highest BCUT2D eigenvalue weighted by atomic mass is 32.2. The van der Waals surface area contributed by atoms with Crippen LogP contribution in [0.4, 0.5) is 5.69 Å². The molecule has 1 unspecified atom stereocenters. The summed E-state index contributed by atoms with van der Waals surface area (Å²) in [5.74, 6) is -0.115. The van der Waals surface area contributed by atoms with Gasteiger partial charge in [0.2, 0.25) is 10.0 Å². The lowest BCUT2D eigenvalue weighted by molar-refractivity contribution is 0.566. The fourth-order valence-electron chi connectivity index (χ4n) is 2.10. The van der Waals surface area contributed by atoms with Gasteiger partial charge in [0.1, 0.15) is 0 Å². The first-order chi connectivity index (χ1) is 9.87. The van der Waals surface area contributed by atoms with Crippen LogP contribution in [-0.2, 0) is 15.8 Å². The number of benzene rings is 2. The Hall–Kier alpha value is -1.85. The summed E-state index contributed by atoms with van der Waals surface area (Å²) in [5, 5.41) is 0. The zero-order valence-corrected chi connectivity index (χ0v) is 13.0. The van der Waals surface area contributed by atoms with Gasteiger partial charge in [-0.1, -0.05) is 48.0 Å². The Labute approximate surface area is 126 Å². The van der Waals surface area contributed by atoms with E-state index < -0.39 is 10.0 Å². The van der Waals surface area contributed by atoms with Gasteiger partial charge in [0.05, 0.1) is 5.75 Å². The van der Waals surface area contributed by atoms with Crippen LogP contribution in [0.15, 0.2) is 48.5 Å². The number of hydrogen-bond acceptors (Lipinski definition) is 3. The molecule has 1 atom stereocenters. The summed E-state index contributed by atoms with van der Waals surface area (Å²) in [5.41, 5.74) is 8.98. The molecule has 0 aliphatic carbocycles. The van der Waals surface area contributed by atoms with Crippen LogP contribution in [0.2, 0.25) is 0 Å². The molecule has 0 aromatic heterocycles. The Bertz CT molecular complexity index is 709. The number of sulfonamides is 1. The van der Waals surface area contributed by atoms with E-state index in [9.17, 15) is 8.42 Å². The molecule has 0 fully saturated rings. The van der Waals surface area contributed by atoms with Crippen LogP contribution < -0.4 is 10.5 Å². The number of nitrogen functional groups attached to an aromatic ring is 1. The van der Waals surface area contributed by atoms with Gasteiger partial charge in [-0.2, -0.15) is 0 Å². The van der Waals surface area contributed by atoms with Gasteiger partial charge in [-0.05, 0) is 31.0 Å². The topological polar surface area (TPSA) is 72.2 Å². The third-order valence-electron chi connectivity index (χ3n) is 3.33. The van der Waals surface area contributed by atoms with Gasteiger partial charge in [-0.15, -0.1) is 0 Å². The number of anilines is 1. The summed E-state index contributed by atoms with van der Waals surface area (Å²) in [6.07, 6.45) is 0. The molecule has 5 heteroatoms. The number of para-hydroxylation sites is 1. The standard InChI is InChI=1S/C16H20N2O2S/c1-12-7-9-14(10-8-12)13(2)18-21(19,20)11-15-5-3-4-6-16(15)17/h3-10,13,18H,11,17H2,1-2H3. The lowest BCUT2D eigenvalue weighted by Crippen LogP contribution is -2.28. The summed E-state index contributed by atoms with van der Waals surface area (Å²) in [7, 11) is -3.44. The van der Waals surface area contributed by atoms with Crippen molar-refractivity contribution >= 4 is 15.7 Å². The first-order valence-electron chi connectivity index (χ1n) is 6.77. The Morgan fingerprint density at radius 2 is 1.71 bits per heavy atom. The SMILES string of the molecule is Cc1ccc(C(C)NS(=O)(=O)Cc2ccccc2N)cc1. The zero-order valence-electron chi connectivity index (χ0n) is 12.2. The highest BCUT2D eigenvalue weighted by Gasteiger charge is 2.17. The van der Waals surface area contributed by atoms with Crippen molar-refractivity contribution < 1.29 is 8.42 Å². The van der Waals surface area contributed by atoms with Gasteiger partial charge in [-0.25, -0.2) is 13.1 Å². The van der Waals surface area contributed by atoms with Gasteiger partial charge in [0, 0.05) is 11.7 Å². The normalized spacial score (nSPS) is 13.0. The van der Waals surface area contributed by atoms with E-state index in [4.69, 9.17) is 5.73 Å². The summed E-state index contributed by atoms with van der Waals surface area (Å²) in [4.78, 5) is 0. The first kappa shape index (κ1) is 15.5. The van der Waals surface area contributed by atoms with E-state index in [1.165, 1.54) is 0 Å². The molecule has 2 rings (SSSR count). The molecule has 0 aliphatic rings. The van der Waals surface area contributed by atoms with E-state index in [2.05, 4.69) is 4.72 Å². The van der Waals surface area contributed by atoms with Crippen LogP contribution in [-0.4, -0.2) is 8.42 Å². The zero-order chi connectivity index (χ0) is 15.5. The fraction of sp³-hybridized carbons (Fsp3) is 0.250. The second-order valence-electron chi connectivity index (χ2n) is 5.21. The molecule has 0 radical (unpaired) electrons. The number of rotatable bonds is 5. The molecule has 0 bridgehead atoms. The molecular formula is C16H20N2O2S. The maximum absolute atomic E-state index is 12.2. The van der Waals surface area contributed by atoms with Crippen molar-refractivity contribution in [3.8, 4) is 0 Å². The molecule has 0 heterocycles. The van der Waals surface area contributed by atoms with E-state index in [-0.39, 0.29) is 11.8 Å². The second-order valence-corrected chi connectivity index (χ2v) is 6.96. The molecule has 0 spiro atoms. The van der Waals surface area contributed by atoms with Crippen LogP contribution in [0.3, 0.4) is 0 Å². The molecule has 0 aliphatic heterocycles. The van der Waals surface area contributed by atoms with E-state index in [1.54, 1.807) is 24.3 Å². The molecule has 21 heavy (non-hydrogen) atoms. The smallest absolute Gasteiger partial charge is 0.216 e. The number of aryl methyl sites for hydroxylation is 1. The minimum absolute atomic E-state index is 0.115. The van der Waals surface area contributed by atoms with Crippen LogP contribution >= 0.6 is 0 Å². The maximum atomic E-state index is 12.2. The number of nitrogens with two attached hydrogens (primary N) is 1. The molecule has 2 aromatic carbocycles. The van der Waals surface area contributed by atoms with Gasteiger partial charge >= 0.3 is 0 Å². The molecule has 4 nitrogen and oxygen atoms in total. The Morgan fingerprint density at radius 3 is 2.33 bits per heavy atom. The monoisotopic (exact) mass is 304 g/mol. The summed E-state index contributed by atoms with van der Waals surface area (Å²) in [6.45, 7) is 3.83. The highest BCUT2D eigenvalue weighted by Crippen LogP contribution is 2.18. The Morgan fingerprint density at radius 1 is 1.10 bits per heavy atom. The van der Waals surface area contributed by atoms with E-state index >= 15 is 0 Å². The van der Waals surface area contributed by atoms with Crippen LogP contribution in [0.5, 0.6) is 0 Å². The molecule has 0 saturated heterocycles. The summed E-state index contributed by atoms with van der Waals surface area (Å²) in [6, 6.07) is 14.5. The van der Waals surface area contributed by atoms with Crippen molar-refractivity contribution in [3.63, 3.8) is 0 Å². The second kappa shape index (κ2) is 6.28. The lowest BCUT2D eigenvalue weighted by atomic mass is 10.1. The van der Waals surface area contributed by atoms with Crippen molar-refractivity contribution in [2.24, 2.45) is 0 Å². The molecular weight excluding hydrogens is 284 g/mol. The van der Waals surface area contributed by atoms with Crippen molar-refractivity contribution in [1.29, 1.82) is 0 Å². The van der Waals surface area contributed by atoms with Gasteiger partial charge < -0.3 is 5.73 Å². The third kappa shape index (κ3) is 4.31. The fourth-order valence-corrected chi connectivity index (χ4v) is 3.53. The average molecular weight is 304 g/mol. The summed E-state index contributed by atoms with van der Waals surface area (Å²) >= 11 is 0. The molecule has 112 valence electrons. The third-order valence-corrected chi connectivity index (χ3v) is 4.74. The van der Waals surface area contributed by atoms with E-state index in [0.29, 0.717) is 11.3 Å². The maximum Gasteiger partial charge on any atom is 0.216 e. The first-order valence-corrected chi connectivity index (χ1v) is 8.42. The Kier molecular flexibility index (Phi) is 4.65. The van der Waals surface area contributed by atoms with Crippen LogP contribution in [0, 0.1) is 6.92 Å². The van der Waals surface area contributed by atoms with E-state index in [0.717, 1.165) is 11.1 Å². The predicted molar refractivity (Wildman–Crippen MR) is 86.2 cm³/mol. The molecule has 0 saturated carbocycles. The van der Waals surface area contributed by atoms with Crippen LogP contribution in [0.1, 0.15) is 29.7 Å².